The summed E-state index contributed by atoms with van der Waals surface area (Å²) in [5.74, 6) is 1.40. The lowest BCUT2D eigenvalue weighted by molar-refractivity contribution is -0.124. The highest BCUT2D eigenvalue weighted by Gasteiger charge is 2.70. The van der Waals surface area contributed by atoms with E-state index in [1.54, 1.807) is 7.11 Å². The molecule has 0 unspecified atom stereocenters. The Bertz CT molecular complexity index is 658. The van der Waals surface area contributed by atoms with Crippen LogP contribution >= 0.6 is 0 Å². The zero-order chi connectivity index (χ0) is 16.0. The van der Waals surface area contributed by atoms with Crippen LogP contribution in [0.1, 0.15) is 29.6 Å². The number of nitrogens with one attached hydrogen (secondary N) is 1. The summed E-state index contributed by atoms with van der Waals surface area (Å²) in [6, 6.07) is 7.43. The maximum absolute atomic E-state index is 12.5. The molecule has 3 aliphatic rings. The van der Waals surface area contributed by atoms with Crippen molar-refractivity contribution in [3.63, 3.8) is 0 Å². The second-order valence-electron chi connectivity index (χ2n) is 6.80. The molecule has 4 rings (SSSR count). The lowest BCUT2D eigenvalue weighted by atomic mass is 9.84. The summed E-state index contributed by atoms with van der Waals surface area (Å²) < 4.78 is 11.3. The highest BCUT2D eigenvalue weighted by atomic mass is 16.5. The van der Waals surface area contributed by atoms with Crippen molar-refractivity contribution in [3.05, 3.63) is 29.8 Å². The molecule has 2 fully saturated rings. The van der Waals surface area contributed by atoms with Crippen LogP contribution in [0.4, 0.5) is 0 Å². The van der Waals surface area contributed by atoms with Gasteiger partial charge in [-0.15, -0.1) is 0 Å². The minimum Gasteiger partial charge on any atom is -0.486 e. The number of carbonyl (C=O) groups is 2. The summed E-state index contributed by atoms with van der Waals surface area (Å²) in [7, 11) is 1.62. The molecule has 1 amide bonds. The third kappa shape index (κ3) is 2.26. The van der Waals surface area contributed by atoms with Crippen LogP contribution in [-0.4, -0.2) is 37.6 Å². The van der Waals surface area contributed by atoms with Crippen LogP contribution in [0.2, 0.25) is 0 Å². The van der Waals surface area contributed by atoms with Gasteiger partial charge in [-0.3, -0.25) is 9.59 Å². The van der Waals surface area contributed by atoms with Gasteiger partial charge in [-0.05, 0) is 30.9 Å². The predicted octanol–water partition coefficient (Wildman–Crippen LogP) is 1.81. The second-order valence-corrected chi connectivity index (χ2v) is 6.80. The lowest BCUT2D eigenvalue weighted by Crippen LogP contribution is -2.44. The van der Waals surface area contributed by atoms with E-state index in [0.29, 0.717) is 36.8 Å². The number of rotatable bonds is 4. The molecule has 0 aromatic heterocycles. The fourth-order valence-corrected chi connectivity index (χ4v) is 4.51. The number of methoxy groups -OCH3 is 1. The first-order valence-corrected chi connectivity index (χ1v) is 8.24. The summed E-state index contributed by atoms with van der Waals surface area (Å²) in [5, 5.41) is 2.92. The number of fused-ring (bicyclic) bond motifs is 3. The molecule has 1 heterocycles. The lowest BCUT2D eigenvalue weighted by Gasteiger charge is -2.37. The van der Waals surface area contributed by atoms with E-state index in [0.717, 1.165) is 12.8 Å². The van der Waals surface area contributed by atoms with E-state index in [1.165, 1.54) is 0 Å². The van der Waals surface area contributed by atoms with Crippen LogP contribution in [0.3, 0.4) is 0 Å². The minimum atomic E-state index is -0.473. The van der Waals surface area contributed by atoms with Crippen LogP contribution in [0.25, 0.3) is 0 Å². The van der Waals surface area contributed by atoms with Crippen molar-refractivity contribution in [3.8, 4) is 5.75 Å². The van der Waals surface area contributed by atoms with Crippen molar-refractivity contribution in [2.75, 3.05) is 20.3 Å². The molecule has 0 bridgehead atoms. The molecule has 0 radical (unpaired) electrons. The summed E-state index contributed by atoms with van der Waals surface area (Å²) >= 11 is 0. The second kappa shape index (κ2) is 5.34. The van der Waals surface area contributed by atoms with Gasteiger partial charge in [0.15, 0.2) is 5.78 Å². The van der Waals surface area contributed by atoms with Gasteiger partial charge < -0.3 is 14.8 Å². The number of hydrogen-bond donors (Lipinski definition) is 1. The first-order valence-electron chi connectivity index (χ1n) is 8.24. The van der Waals surface area contributed by atoms with Crippen LogP contribution in [0, 0.1) is 17.8 Å². The molecule has 2 saturated carbocycles. The smallest absolute Gasteiger partial charge is 0.223 e. The molecule has 5 nitrogen and oxygen atoms in total. The molecular formula is C18H21NO4. The number of ether oxygens (including phenoxy) is 2. The zero-order valence-electron chi connectivity index (χ0n) is 13.2. The van der Waals surface area contributed by atoms with E-state index in [4.69, 9.17) is 9.47 Å². The Balaban J connectivity index is 1.51. The quantitative estimate of drug-likeness (QED) is 0.861. The van der Waals surface area contributed by atoms with Crippen LogP contribution < -0.4 is 10.1 Å². The SMILES string of the molecule is COCCNC(=O)[C@@H]1[C@@H]2CC[C@@]3(CC(=O)c4ccccc4O3)[C@@H]21. The van der Waals surface area contributed by atoms with Crippen LogP contribution in [-0.2, 0) is 9.53 Å². The molecule has 1 aromatic carbocycles. The van der Waals surface area contributed by atoms with Crippen molar-refractivity contribution in [1.29, 1.82) is 0 Å². The van der Waals surface area contributed by atoms with Gasteiger partial charge >= 0.3 is 0 Å². The van der Waals surface area contributed by atoms with E-state index >= 15 is 0 Å². The number of ketones is 1. The maximum atomic E-state index is 12.5. The van der Waals surface area contributed by atoms with Gasteiger partial charge in [0.25, 0.3) is 0 Å². The largest absolute Gasteiger partial charge is 0.486 e. The Hall–Kier alpha value is -1.88. The molecule has 1 N–H and O–H groups in total. The fourth-order valence-electron chi connectivity index (χ4n) is 4.51. The molecule has 1 spiro atoms. The average molecular weight is 315 g/mol. The number of para-hydroxylation sites is 1. The van der Waals surface area contributed by atoms with E-state index in [-0.39, 0.29) is 23.5 Å². The normalized spacial score (nSPS) is 33.8. The summed E-state index contributed by atoms with van der Waals surface area (Å²) in [5.41, 5.74) is 0.197. The Kier molecular flexibility index (Phi) is 3.41. The third-order valence-corrected chi connectivity index (χ3v) is 5.55. The van der Waals surface area contributed by atoms with Gasteiger partial charge in [0, 0.05) is 25.5 Å². The Morgan fingerprint density at radius 3 is 3.09 bits per heavy atom. The summed E-state index contributed by atoms with van der Waals surface area (Å²) in [4.78, 5) is 24.8. The van der Waals surface area contributed by atoms with Crippen molar-refractivity contribution in [2.24, 2.45) is 17.8 Å². The minimum absolute atomic E-state index is 0.0151. The van der Waals surface area contributed by atoms with Gasteiger partial charge in [0.05, 0.1) is 18.6 Å². The number of carbonyl (C=O) groups excluding carboxylic acids is 2. The topological polar surface area (TPSA) is 64.6 Å². The van der Waals surface area contributed by atoms with E-state index in [9.17, 15) is 9.59 Å². The average Bonchev–Trinajstić information content (AvgIpc) is 3.20. The first-order chi connectivity index (χ1) is 11.2. The highest BCUT2D eigenvalue weighted by molar-refractivity contribution is 6.00. The van der Waals surface area contributed by atoms with Gasteiger partial charge in [-0.1, -0.05) is 12.1 Å². The molecule has 1 aromatic rings. The van der Waals surface area contributed by atoms with E-state index in [2.05, 4.69) is 5.32 Å². The number of amides is 1. The van der Waals surface area contributed by atoms with Gasteiger partial charge in [-0.2, -0.15) is 0 Å². The van der Waals surface area contributed by atoms with Crippen molar-refractivity contribution >= 4 is 11.7 Å². The van der Waals surface area contributed by atoms with E-state index in [1.807, 2.05) is 24.3 Å². The first kappa shape index (κ1) is 14.7. The molecule has 122 valence electrons. The Labute approximate surface area is 135 Å². The van der Waals surface area contributed by atoms with Crippen LogP contribution in [0.15, 0.2) is 24.3 Å². The molecule has 0 saturated heterocycles. The van der Waals surface area contributed by atoms with Crippen molar-refractivity contribution in [1.82, 2.24) is 5.32 Å². The van der Waals surface area contributed by atoms with Gasteiger partial charge in [0.2, 0.25) is 5.91 Å². The molecular weight excluding hydrogens is 294 g/mol. The van der Waals surface area contributed by atoms with Gasteiger partial charge in [0.1, 0.15) is 11.4 Å². The molecule has 23 heavy (non-hydrogen) atoms. The maximum Gasteiger partial charge on any atom is 0.223 e. The molecule has 2 aliphatic carbocycles. The highest BCUT2D eigenvalue weighted by Crippen LogP contribution is 2.65. The fraction of sp³-hybridized carbons (Fsp3) is 0.556. The summed E-state index contributed by atoms with van der Waals surface area (Å²) in [6.45, 7) is 1.04. The Morgan fingerprint density at radius 1 is 1.43 bits per heavy atom. The number of benzene rings is 1. The monoisotopic (exact) mass is 315 g/mol. The van der Waals surface area contributed by atoms with Gasteiger partial charge in [-0.25, -0.2) is 0 Å². The van der Waals surface area contributed by atoms with Crippen molar-refractivity contribution < 1.29 is 19.1 Å². The molecule has 4 atom stereocenters. The Morgan fingerprint density at radius 2 is 2.26 bits per heavy atom. The third-order valence-electron chi connectivity index (χ3n) is 5.55. The van der Waals surface area contributed by atoms with Crippen LogP contribution in [0.5, 0.6) is 5.75 Å². The van der Waals surface area contributed by atoms with E-state index < -0.39 is 5.60 Å². The molecule has 5 heteroatoms. The zero-order valence-corrected chi connectivity index (χ0v) is 13.2. The predicted molar refractivity (Wildman–Crippen MR) is 83.3 cm³/mol. The standard InChI is InChI=1S/C18H21NO4/c1-22-9-8-19-17(21)15-12-6-7-18(16(12)15)10-13(20)11-4-2-3-5-14(11)23-18/h2-5,12,15-16H,6-10H2,1H3,(H,19,21)/t12-,15+,16-,18+/m0/s1. The summed E-state index contributed by atoms with van der Waals surface area (Å²) in [6.07, 6.45) is 2.22. The number of hydrogen-bond acceptors (Lipinski definition) is 4. The van der Waals surface area contributed by atoms with Crippen molar-refractivity contribution in [2.45, 2.75) is 24.9 Å². The number of Topliss-reactive ketones (excluding diaryl/α,β-unsaturated/α-hetero) is 1. The molecule has 1 aliphatic heterocycles.